The Hall–Kier alpha value is -0.563. The monoisotopic (exact) mass is 233 g/mol. The minimum Gasteiger partial charge on any atom is -0.0669 e. The first kappa shape index (κ1) is 13.5. The maximum atomic E-state index is 2.45. The molecule has 0 atom stereocenters. The van der Waals surface area contributed by atoms with Crippen LogP contribution in [0.15, 0.2) is 30.3 Å². The molecule has 0 nitrogen and oxygen atoms in total. The zero-order valence-electron chi connectivity index (χ0n) is 10.8. The highest BCUT2D eigenvalue weighted by molar-refractivity contribution is 6.71. The molecule has 0 amide bonds. The van der Waals surface area contributed by atoms with Gasteiger partial charge >= 0.3 is 0 Å². The fourth-order valence-electron chi connectivity index (χ4n) is 2.04. The summed E-state index contributed by atoms with van der Waals surface area (Å²) in [7, 11) is -0.260. The molecular weight excluding hydrogens is 208 g/mol. The van der Waals surface area contributed by atoms with E-state index in [1.54, 1.807) is 5.19 Å². The molecule has 1 aromatic carbocycles. The number of benzene rings is 1. The Balaban J connectivity index is 2.09. The summed E-state index contributed by atoms with van der Waals surface area (Å²) in [6.07, 6.45) is 8.53. The van der Waals surface area contributed by atoms with Crippen LogP contribution in [0.2, 0.25) is 12.6 Å². The summed E-state index contributed by atoms with van der Waals surface area (Å²) >= 11 is 0. The normalized spacial score (nSPS) is 10.9. The van der Waals surface area contributed by atoms with E-state index >= 15 is 0 Å². The van der Waals surface area contributed by atoms with Crippen LogP contribution in [0.4, 0.5) is 0 Å². The Bertz CT molecular complexity index is 255. The highest BCUT2D eigenvalue weighted by atomic mass is 28.3. The number of hydrogen-bond acceptors (Lipinski definition) is 0. The Labute approximate surface area is 103 Å². The zero-order valence-corrected chi connectivity index (χ0v) is 11.8. The Morgan fingerprint density at radius 3 is 2.19 bits per heavy atom. The summed E-state index contributed by atoms with van der Waals surface area (Å²) in [6.45, 7) is 4.73. The predicted octanol–water partition coefficient (Wildman–Crippen LogP) is 4.38. The van der Waals surface area contributed by atoms with Crippen LogP contribution in [-0.4, -0.2) is 8.80 Å². The fraction of sp³-hybridized carbons (Fsp3) is 0.600. The Morgan fingerprint density at radius 1 is 0.875 bits per heavy atom. The molecule has 1 radical (unpaired) electrons. The molecule has 0 aliphatic heterocycles. The second-order valence-electron chi connectivity index (χ2n) is 4.66. The van der Waals surface area contributed by atoms with Crippen LogP contribution >= 0.6 is 0 Å². The smallest absolute Gasteiger partial charge is 0.0669 e. The summed E-state index contributed by atoms with van der Waals surface area (Å²) in [4.78, 5) is 0. The van der Waals surface area contributed by atoms with E-state index < -0.39 is 0 Å². The summed E-state index contributed by atoms with van der Waals surface area (Å²) in [6, 6.07) is 12.5. The van der Waals surface area contributed by atoms with Gasteiger partial charge in [0.1, 0.15) is 0 Å². The molecule has 0 spiro atoms. The molecule has 0 aliphatic carbocycles. The van der Waals surface area contributed by atoms with Crippen LogP contribution in [0.1, 0.15) is 45.4 Å². The first-order valence-corrected chi connectivity index (χ1v) is 8.93. The topological polar surface area (TPSA) is 0 Å². The van der Waals surface area contributed by atoms with E-state index in [1.807, 2.05) is 0 Å². The summed E-state index contributed by atoms with van der Waals surface area (Å²) < 4.78 is 0. The molecule has 0 heterocycles. The fourth-order valence-corrected chi connectivity index (χ4v) is 3.87. The maximum Gasteiger partial charge on any atom is 0.0824 e. The lowest BCUT2D eigenvalue weighted by molar-refractivity contribution is 0.623. The molecule has 1 heteroatoms. The molecular formula is C15H25Si. The molecule has 0 unspecified atom stereocenters. The predicted molar refractivity (Wildman–Crippen MR) is 75.9 cm³/mol. The lowest BCUT2D eigenvalue weighted by atomic mass is 10.1. The summed E-state index contributed by atoms with van der Waals surface area (Å²) in [5.74, 6) is 0. The average molecular weight is 233 g/mol. The van der Waals surface area contributed by atoms with Gasteiger partial charge in [0.2, 0.25) is 0 Å². The van der Waals surface area contributed by atoms with Crippen LogP contribution in [-0.2, 0) is 0 Å². The van der Waals surface area contributed by atoms with Crippen molar-refractivity contribution in [2.45, 2.75) is 58.0 Å². The van der Waals surface area contributed by atoms with Crippen LogP contribution in [0.25, 0.3) is 0 Å². The van der Waals surface area contributed by atoms with Crippen molar-refractivity contribution in [3.05, 3.63) is 30.3 Å². The van der Waals surface area contributed by atoms with Crippen molar-refractivity contribution < 1.29 is 0 Å². The van der Waals surface area contributed by atoms with E-state index in [-0.39, 0.29) is 8.80 Å². The van der Waals surface area contributed by atoms with E-state index in [0.29, 0.717) is 0 Å². The van der Waals surface area contributed by atoms with Gasteiger partial charge in [-0.05, 0) is 0 Å². The van der Waals surface area contributed by atoms with Gasteiger partial charge < -0.3 is 0 Å². The molecule has 0 saturated carbocycles. The van der Waals surface area contributed by atoms with Crippen LogP contribution in [0.3, 0.4) is 0 Å². The van der Waals surface area contributed by atoms with Gasteiger partial charge in [0.05, 0.1) is 8.80 Å². The molecule has 0 bridgehead atoms. The minimum atomic E-state index is -0.260. The van der Waals surface area contributed by atoms with Crippen molar-refractivity contribution in [1.29, 1.82) is 0 Å². The third-order valence-corrected chi connectivity index (χ3v) is 5.59. The van der Waals surface area contributed by atoms with Crippen molar-refractivity contribution in [2.75, 3.05) is 0 Å². The van der Waals surface area contributed by atoms with E-state index in [0.717, 1.165) is 0 Å². The molecule has 0 fully saturated rings. The number of hydrogen-bond donors (Lipinski definition) is 0. The highest BCUT2D eigenvalue weighted by Crippen LogP contribution is 2.09. The third-order valence-electron chi connectivity index (χ3n) is 3.17. The van der Waals surface area contributed by atoms with Gasteiger partial charge in [0, 0.05) is 0 Å². The van der Waals surface area contributed by atoms with E-state index in [1.165, 1.54) is 44.6 Å². The van der Waals surface area contributed by atoms with Crippen LogP contribution < -0.4 is 5.19 Å². The number of unbranched alkanes of at least 4 members (excludes halogenated alkanes) is 5. The second kappa shape index (κ2) is 8.57. The van der Waals surface area contributed by atoms with Crippen molar-refractivity contribution in [2.24, 2.45) is 0 Å². The minimum absolute atomic E-state index is 0.260. The van der Waals surface area contributed by atoms with Gasteiger partial charge in [0.25, 0.3) is 0 Å². The molecule has 0 aliphatic rings. The third kappa shape index (κ3) is 5.50. The van der Waals surface area contributed by atoms with Crippen molar-refractivity contribution in [1.82, 2.24) is 0 Å². The molecule has 0 saturated heterocycles. The van der Waals surface area contributed by atoms with Crippen LogP contribution in [0.5, 0.6) is 0 Å². The standard InChI is InChI=1S/C15H25Si/c1-3-4-5-6-7-11-14-16(2)15-12-9-8-10-13-15/h8-10,12-13H,3-7,11,14H2,1-2H3. The molecule has 16 heavy (non-hydrogen) atoms. The van der Waals surface area contributed by atoms with Crippen molar-refractivity contribution >= 4 is 14.0 Å². The van der Waals surface area contributed by atoms with E-state index in [2.05, 4.69) is 43.8 Å². The average Bonchev–Trinajstić information content (AvgIpc) is 2.34. The van der Waals surface area contributed by atoms with Crippen molar-refractivity contribution in [3.8, 4) is 0 Å². The molecule has 0 aromatic heterocycles. The Kier molecular flexibility index (Phi) is 7.23. The first-order chi connectivity index (χ1) is 7.84. The van der Waals surface area contributed by atoms with E-state index in [9.17, 15) is 0 Å². The van der Waals surface area contributed by atoms with Gasteiger partial charge in [-0.25, -0.2) is 0 Å². The van der Waals surface area contributed by atoms with Gasteiger partial charge in [-0.3, -0.25) is 0 Å². The van der Waals surface area contributed by atoms with Crippen LogP contribution in [0, 0.1) is 0 Å². The van der Waals surface area contributed by atoms with Gasteiger partial charge in [-0.2, -0.15) is 0 Å². The lowest BCUT2D eigenvalue weighted by Crippen LogP contribution is -2.25. The zero-order chi connectivity index (χ0) is 11.6. The molecule has 89 valence electrons. The highest BCUT2D eigenvalue weighted by Gasteiger charge is 2.05. The molecule has 1 aromatic rings. The van der Waals surface area contributed by atoms with Gasteiger partial charge in [-0.1, -0.05) is 93.6 Å². The molecule has 1 rings (SSSR count). The lowest BCUT2D eigenvalue weighted by Gasteiger charge is -2.09. The summed E-state index contributed by atoms with van der Waals surface area (Å²) in [5.41, 5.74) is 0. The first-order valence-electron chi connectivity index (χ1n) is 6.72. The largest absolute Gasteiger partial charge is 0.0824 e. The quantitative estimate of drug-likeness (QED) is 0.462. The molecule has 0 N–H and O–H groups in total. The van der Waals surface area contributed by atoms with Gasteiger partial charge in [0.15, 0.2) is 0 Å². The van der Waals surface area contributed by atoms with Gasteiger partial charge in [-0.15, -0.1) is 0 Å². The SMILES string of the molecule is CCCCCCCC[Si](C)c1ccccc1. The maximum absolute atomic E-state index is 2.45. The van der Waals surface area contributed by atoms with Crippen molar-refractivity contribution in [3.63, 3.8) is 0 Å². The Morgan fingerprint density at radius 2 is 1.50 bits per heavy atom. The second-order valence-corrected chi connectivity index (χ2v) is 7.30. The number of rotatable bonds is 8. The van der Waals surface area contributed by atoms with E-state index in [4.69, 9.17) is 0 Å². The summed E-state index contributed by atoms with van der Waals surface area (Å²) in [5, 5.41) is 1.60.